The van der Waals surface area contributed by atoms with E-state index in [1.807, 2.05) is 12.1 Å². The fraction of sp³-hybridized carbons (Fsp3) is 0.644. The smallest absolute Gasteiger partial charge is 0.246 e. The van der Waals surface area contributed by atoms with Crippen LogP contribution in [-0.2, 0) is 60.6 Å². The highest BCUT2D eigenvalue weighted by Gasteiger charge is 2.74. The van der Waals surface area contributed by atoms with Crippen molar-refractivity contribution in [1.82, 2.24) is 35.4 Å². The third-order valence-corrected chi connectivity index (χ3v) is 16.3. The highest BCUT2D eigenvalue weighted by molar-refractivity contribution is 5.78. The van der Waals surface area contributed by atoms with Crippen molar-refractivity contribution in [3.05, 3.63) is 58.4 Å². The molecule has 4 fully saturated rings. The van der Waals surface area contributed by atoms with Gasteiger partial charge in [-0.25, -0.2) is 4.68 Å². The summed E-state index contributed by atoms with van der Waals surface area (Å²) in [6, 6.07) is 6.36. The van der Waals surface area contributed by atoms with E-state index in [9.17, 15) is 30.0 Å². The molecule has 5 heterocycles. The topological polar surface area (TPSA) is 222 Å². The summed E-state index contributed by atoms with van der Waals surface area (Å²) in [4.78, 5) is 30.8. The SMILES string of the molecule is CN1CC[C@]23c4c5ccc(O)c4O[C@H]2[C@@H](NC(=O)COCCOCCn2cc(COCC(=O)N[C@H]4CC[C@@]6(O)C7Cc8ccc(O)c9c8[C@@]6(CCN7C)[C@H]4O9)nn2)CC[C@@]3(O)C1C5. The van der Waals surface area contributed by atoms with Crippen LogP contribution in [0.5, 0.6) is 23.0 Å². The number of rotatable bonds is 14. The maximum Gasteiger partial charge on any atom is 0.246 e. The van der Waals surface area contributed by atoms with Crippen molar-refractivity contribution < 1.29 is 53.7 Å². The fourth-order valence-corrected chi connectivity index (χ4v) is 13.6. The van der Waals surface area contributed by atoms with Gasteiger partial charge in [-0.05, 0) is 102 Å². The molecule has 10 atom stereocenters. The average Bonchev–Trinajstić information content (AvgIpc) is 3.97. The molecule has 0 radical (unpaired) electrons. The number of phenolic OH excluding ortho intramolecular Hbond substituents is 2. The monoisotopic (exact) mass is 871 g/mol. The molecule has 2 saturated heterocycles. The number of carbonyl (C=O) groups excluding carboxylic acids is 2. The molecule has 18 nitrogen and oxygen atoms in total. The summed E-state index contributed by atoms with van der Waals surface area (Å²) in [7, 11) is 4.11. The quantitative estimate of drug-likeness (QED) is 0.119. The Morgan fingerprint density at radius 1 is 0.746 bits per heavy atom. The number of nitrogens with zero attached hydrogens (tertiary/aromatic N) is 5. The van der Waals surface area contributed by atoms with Gasteiger partial charge in [0.2, 0.25) is 11.8 Å². The molecule has 63 heavy (non-hydrogen) atoms. The molecular formula is C45H57N7O11. The first kappa shape index (κ1) is 41.2. The maximum atomic E-state index is 13.2. The summed E-state index contributed by atoms with van der Waals surface area (Å²) >= 11 is 0. The van der Waals surface area contributed by atoms with Gasteiger partial charge in [-0.15, -0.1) is 5.10 Å². The predicted octanol–water partition coefficient (Wildman–Crippen LogP) is 0.177. The average molecular weight is 872 g/mol. The van der Waals surface area contributed by atoms with Crippen LogP contribution in [0.25, 0.3) is 0 Å². The number of aliphatic hydroxyl groups is 2. The van der Waals surface area contributed by atoms with E-state index < -0.39 is 34.2 Å². The number of ether oxygens (including phenoxy) is 5. The Kier molecular flexibility index (Phi) is 9.80. The molecule has 4 aliphatic heterocycles. The van der Waals surface area contributed by atoms with Crippen LogP contribution in [0.2, 0.25) is 0 Å². The highest BCUT2D eigenvalue weighted by Crippen LogP contribution is 2.67. The van der Waals surface area contributed by atoms with Gasteiger partial charge in [0, 0.05) is 23.2 Å². The number of phenols is 2. The molecule has 2 unspecified atom stereocenters. The molecule has 2 aromatic carbocycles. The lowest BCUT2D eigenvalue weighted by atomic mass is 9.48. The van der Waals surface area contributed by atoms with Crippen LogP contribution in [0.3, 0.4) is 0 Å². The van der Waals surface area contributed by atoms with E-state index in [0.717, 1.165) is 35.3 Å². The molecule has 2 saturated carbocycles. The molecule has 3 aromatic rings. The van der Waals surface area contributed by atoms with Gasteiger partial charge in [0.15, 0.2) is 23.0 Å². The summed E-state index contributed by atoms with van der Waals surface area (Å²) < 4.78 is 31.7. The van der Waals surface area contributed by atoms with Crippen LogP contribution >= 0.6 is 0 Å². The standard InChI is InChI=1S/C45H57N7O11/c1-50-13-11-42-36-25-3-5-30(53)38(36)62-40(42)28(7-9-44(42,57)32(50)19-25)46-34(55)23-60-18-17-59-16-15-52-21-27(48-49-52)22-61-24-35(56)47-29-8-10-45(58)33-20-26-4-6-31(54)39-37(26)43(45,41(29)63-39)12-14-51(33)2/h3-6,21,28-29,32-33,40-41,53-54,57-58H,7-20,22-24H2,1-2H3,(H,46,55)(H,47,56)/t28-,29-,32?,33?,40-,41-,42-,43-,44+,45+/m0/s1. The molecule has 338 valence electrons. The number of nitrogens with one attached hydrogen (secondary N) is 2. The number of likely N-dealkylation sites (N-methyl/N-ethyl adjacent to an activating group) is 2. The second-order valence-corrected chi connectivity index (χ2v) is 19.2. The van der Waals surface area contributed by atoms with E-state index in [4.69, 9.17) is 23.7 Å². The predicted molar refractivity (Wildman–Crippen MR) is 221 cm³/mol. The molecule has 2 spiro atoms. The van der Waals surface area contributed by atoms with Crippen LogP contribution in [0.1, 0.15) is 66.5 Å². The normalized spacial score (nSPS) is 35.3. The van der Waals surface area contributed by atoms with E-state index in [1.54, 1.807) is 23.0 Å². The molecule has 4 aliphatic carbocycles. The Bertz CT molecular complexity index is 2330. The Hall–Kier alpha value is -4.56. The van der Waals surface area contributed by atoms with Gasteiger partial charge in [0.1, 0.15) is 31.1 Å². The van der Waals surface area contributed by atoms with E-state index in [0.29, 0.717) is 81.7 Å². The van der Waals surface area contributed by atoms with Crippen LogP contribution in [0.15, 0.2) is 30.5 Å². The van der Waals surface area contributed by atoms with E-state index >= 15 is 0 Å². The first-order valence-electron chi connectivity index (χ1n) is 22.5. The Morgan fingerprint density at radius 3 is 1.83 bits per heavy atom. The zero-order chi connectivity index (χ0) is 43.5. The van der Waals surface area contributed by atoms with Gasteiger partial charge >= 0.3 is 0 Å². The zero-order valence-electron chi connectivity index (χ0n) is 35.8. The van der Waals surface area contributed by atoms with Crippen LogP contribution in [-0.4, -0.2) is 165 Å². The summed E-state index contributed by atoms with van der Waals surface area (Å²) in [5.74, 6) is 0.425. The lowest BCUT2D eigenvalue weighted by Crippen LogP contribution is -2.77. The number of hydrogen-bond donors (Lipinski definition) is 6. The van der Waals surface area contributed by atoms with Gasteiger partial charge in [0.05, 0.1) is 73.3 Å². The Morgan fingerprint density at radius 2 is 1.27 bits per heavy atom. The first-order valence-corrected chi connectivity index (χ1v) is 22.5. The summed E-state index contributed by atoms with van der Waals surface area (Å²) in [5.41, 5.74) is 1.07. The first-order chi connectivity index (χ1) is 30.4. The van der Waals surface area contributed by atoms with Crippen molar-refractivity contribution in [2.75, 3.05) is 60.2 Å². The number of hydrogen-bond acceptors (Lipinski definition) is 15. The van der Waals surface area contributed by atoms with Crippen molar-refractivity contribution >= 4 is 11.8 Å². The molecule has 2 amide bonds. The maximum absolute atomic E-state index is 13.2. The highest BCUT2D eigenvalue weighted by atomic mass is 16.5. The van der Waals surface area contributed by atoms with E-state index in [-0.39, 0.29) is 80.5 Å². The van der Waals surface area contributed by atoms with Crippen LogP contribution < -0.4 is 20.1 Å². The second kappa shape index (κ2) is 15.0. The molecule has 6 N–H and O–H groups in total. The zero-order valence-corrected chi connectivity index (χ0v) is 35.8. The number of likely N-dealkylation sites (tertiary alicyclic amines) is 2. The number of carbonyl (C=O) groups is 2. The van der Waals surface area contributed by atoms with Crippen LogP contribution in [0, 0.1) is 0 Å². The van der Waals surface area contributed by atoms with Crippen LogP contribution in [0.4, 0.5) is 0 Å². The molecule has 1 aromatic heterocycles. The summed E-state index contributed by atoms with van der Waals surface area (Å²) in [6.45, 7) is 2.54. The lowest BCUT2D eigenvalue weighted by Gasteiger charge is -2.63. The van der Waals surface area contributed by atoms with Gasteiger partial charge in [-0.1, -0.05) is 17.3 Å². The Labute approximate surface area is 364 Å². The molecular weight excluding hydrogens is 815 g/mol. The molecule has 18 heteroatoms. The van der Waals surface area contributed by atoms with Crippen molar-refractivity contribution in [3.8, 4) is 23.0 Å². The molecule has 11 rings (SSSR count). The minimum absolute atomic E-state index is 0.0602. The van der Waals surface area contributed by atoms with Crippen molar-refractivity contribution in [2.45, 2.75) is 123 Å². The van der Waals surface area contributed by atoms with Gasteiger partial charge in [-0.2, -0.15) is 0 Å². The van der Waals surface area contributed by atoms with E-state index in [1.165, 1.54) is 0 Å². The number of amides is 2. The minimum Gasteiger partial charge on any atom is -0.504 e. The minimum atomic E-state index is -1.03. The third kappa shape index (κ3) is 5.94. The van der Waals surface area contributed by atoms with E-state index in [2.05, 4.69) is 44.8 Å². The number of aromatic nitrogens is 3. The van der Waals surface area contributed by atoms with Gasteiger partial charge < -0.3 is 64.5 Å². The summed E-state index contributed by atoms with van der Waals surface area (Å²) in [6.07, 6.45) is 5.53. The van der Waals surface area contributed by atoms with Gasteiger partial charge in [0.25, 0.3) is 0 Å². The summed E-state index contributed by atoms with van der Waals surface area (Å²) in [5, 5.41) is 60.8. The number of aromatic hydroxyl groups is 2. The van der Waals surface area contributed by atoms with Crippen molar-refractivity contribution in [3.63, 3.8) is 0 Å². The second-order valence-electron chi connectivity index (χ2n) is 19.2. The van der Waals surface area contributed by atoms with Crippen molar-refractivity contribution in [2.24, 2.45) is 0 Å². The molecule has 4 bridgehead atoms. The van der Waals surface area contributed by atoms with Crippen molar-refractivity contribution in [1.29, 1.82) is 0 Å². The largest absolute Gasteiger partial charge is 0.504 e. The van der Waals surface area contributed by atoms with Gasteiger partial charge in [-0.3, -0.25) is 9.59 Å². The third-order valence-electron chi connectivity index (χ3n) is 16.3. The number of benzene rings is 2. The fourth-order valence-electron chi connectivity index (χ4n) is 13.6. The lowest BCUT2D eigenvalue weighted by molar-refractivity contribution is -0.187. The number of piperidine rings is 2. The Balaban J connectivity index is 0.607. The molecule has 8 aliphatic rings.